The Labute approximate surface area is 180 Å². The van der Waals surface area contributed by atoms with E-state index in [0.717, 1.165) is 62.8 Å². The lowest BCUT2D eigenvalue weighted by Gasteiger charge is -2.34. The van der Waals surface area contributed by atoms with Gasteiger partial charge in [0.1, 0.15) is 0 Å². The molecule has 5 atom stereocenters. The van der Waals surface area contributed by atoms with Gasteiger partial charge in [-0.3, -0.25) is 4.79 Å². The summed E-state index contributed by atoms with van der Waals surface area (Å²) in [5.74, 6) is 0.835. The molecule has 0 spiro atoms. The Morgan fingerprint density at radius 1 is 0.935 bits per heavy atom. The zero-order valence-electron chi connectivity index (χ0n) is 17.8. The fourth-order valence-electron chi connectivity index (χ4n) is 5.74. The second-order valence-corrected chi connectivity index (χ2v) is 9.27. The molecule has 3 aliphatic rings. The number of rotatable bonds is 3. The summed E-state index contributed by atoms with van der Waals surface area (Å²) in [6.07, 6.45) is 1.28. The Morgan fingerprint density at radius 2 is 1.58 bits per heavy atom. The molecule has 1 aromatic rings. The van der Waals surface area contributed by atoms with Crippen LogP contribution in [-0.2, 0) is 11.0 Å². The van der Waals surface area contributed by atoms with Crippen LogP contribution in [-0.4, -0.2) is 42.0 Å². The number of benzene rings is 1. The predicted octanol–water partition coefficient (Wildman–Crippen LogP) is 4.29. The van der Waals surface area contributed by atoms with Crippen molar-refractivity contribution in [1.82, 2.24) is 15.5 Å². The number of alkyl halides is 3. The smallest absolute Gasteiger partial charge is 0.342 e. The normalized spacial score (nSPS) is 30.7. The van der Waals surface area contributed by atoms with Crippen molar-refractivity contribution < 1.29 is 22.8 Å². The number of halogens is 3. The average molecular weight is 438 g/mol. The van der Waals surface area contributed by atoms with E-state index in [1.54, 1.807) is 6.92 Å². The van der Waals surface area contributed by atoms with Crippen LogP contribution in [0.25, 0.3) is 0 Å². The first-order chi connectivity index (χ1) is 14.7. The first-order valence-electron chi connectivity index (χ1n) is 11.2. The van der Waals surface area contributed by atoms with E-state index in [1.807, 2.05) is 4.90 Å². The molecule has 1 aromatic carbocycles. The summed E-state index contributed by atoms with van der Waals surface area (Å²) in [4.78, 5) is 26.4. The molecular formula is C23H30F3N3O2. The van der Waals surface area contributed by atoms with Gasteiger partial charge in [0.25, 0.3) is 0 Å². The molecule has 31 heavy (non-hydrogen) atoms. The maximum Gasteiger partial charge on any atom is 0.416 e. The zero-order valence-corrected chi connectivity index (χ0v) is 17.8. The Kier molecular flexibility index (Phi) is 6.17. The van der Waals surface area contributed by atoms with E-state index in [2.05, 4.69) is 10.6 Å². The van der Waals surface area contributed by atoms with Crippen LogP contribution in [0.15, 0.2) is 24.3 Å². The number of fused-ring (bicyclic) bond motifs is 1. The Balaban J connectivity index is 1.36. The Hall–Kier alpha value is -2.25. The molecule has 1 heterocycles. The molecule has 0 aromatic heterocycles. The van der Waals surface area contributed by atoms with Crippen LogP contribution in [0.3, 0.4) is 0 Å². The third kappa shape index (κ3) is 4.83. The molecule has 3 fully saturated rings. The van der Waals surface area contributed by atoms with Gasteiger partial charge in [0.2, 0.25) is 5.91 Å². The van der Waals surface area contributed by atoms with Crippen molar-refractivity contribution in [3.8, 4) is 0 Å². The third-order valence-electron chi connectivity index (χ3n) is 7.36. The lowest BCUT2D eigenvalue weighted by molar-refractivity contribution is -0.137. The SMILES string of the molecule is CC(=O)N1CC2CCCC(NC(=O)N[C@@H]3CCC[C@H]3c3ccc(C(F)(F)F)cc3)C2C1. The van der Waals surface area contributed by atoms with Crippen LogP contribution in [0.4, 0.5) is 18.0 Å². The lowest BCUT2D eigenvalue weighted by atomic mass is 9.78. The minimum absolute atomic E-state index is 0.0202. The minimum Gasteiger partial charge on any atom is -0.342 e. The summed E-state index contributed by atoms with van der Waals surface area (Å²) < 4.78 is 38.5. The van der Waals surface area contributed by atoms with Crippen LogP contribution in [0.5, 0.6) is 0 Å². The number of amides is 3. The molecule has 8 heteroatoms. The van der Waals surface area contributed by atoms with Gasteiger partial charge in [0.15, 0.2) is 0 Å². The average Bonchev–Trinajstić information content (AvgIpc) is 3.35. The quantitative estimate of drug-likeness (QED) is 0.741. The fourth-order valence-corrected chi connectivity index (χ4v) is 5.74. The largest absolute Gasteiger partial charge is 0.416 e. The minimum atomic E-state index is -4.35. The van der Waals surface area contributed by atoms with E-state index >= 15 is 0 Å². The van der Waals surface area contributed by atoms with Gasteiger partial charge < -0.3 is 15.5 Å². The van der Waals surface area contributed by atoms with E-state index in [9.17, 15) is 22.8 Å². The standard InChI is InChI=1S/C23H30F3N3O2/c1-14(30)29-12-16-4-2-6-21(19(16)13-29)28-22(31)27-20-7-3-5-18(20)15-8-10-17(11-9-15)23(24,25)26/h8-11,16,18-21H,2-7,12-13H2,1H3,(H2,27,28,31)/t16?,18-,19?,20+,21?/m0/s1. The molecule has 2 aliphatic carbocycles. The molecule has 5 nitrogen and oxygen atoms in total. The van der Waals surface area contributed by atoms with Gasteiger partial charge in [-0.05, 0) is 49.3 Å². The maximum atomic E-state index is 12.8. The van der Waals surface area contributed by atoms with E-state index in [4.69, 9.17) is 0 Å². The molecule has 0 radical (unpaired) electrons. The highest BCUT2D eigenvalue weighted by atomic mass is 19.4. The molecule has 2 N–H and O–H groups in total. The fraction of sp³-hybridized carbons (Fsp3) is 0.652. The number of carbonyl (C=O) groups is 2. The molecule has 1 saturated heterocycles. The number of nitrogens with zero attached hydrogens (tertiary/aromatic N) is 1. The highest BCUT2D eigenvalue weighted by Gasteiger charge is 2.42. The molecule has 3 unspecified atom stereocenters. The number of carbonyl (C=O) groups excluding carboxylic acids is 2. The molecule has 170 valence electrons. The second kappa shape index (κ2) is 8.71. The highest BCUT2D eigenvalue weighted by molar-refractivity contribution is 5.75. The molecule has 4 rings (SSSR count). The van der Waals surface area contributed by atoms with E-state index in [-0.39, 0.29) is 35.9 Å². The maximum absolute atomic E-state index is 12.8. The molecule has 1 aliphatic heterocycles. The summed E-state index contributed by atoms with van der Waals surface area (Å²) in [5, 5.41) is 6.22. The monoisotopic (exact) mass is 437 g/mol. The van der Waals surface area contributed by atoms with Crippen molar-refractivity contribution in [2.45, 2.75) is 69.6 Å². The summed E-state index contributed by atoms with van der Waals surface area (Å²) >= 11 is 0. The predicted molar refractivity (Wildman–Crippen MR) is 110 cm³/mol. The van der Waals surface area contributed by atoms with Crippen LogP contribution in [0.2, 0.25) is 0 Å². The van der Waals surface area contributed by atoms with E-state index < -0.39 is 11.7 Å². The van der Waals surface area contributed by atoms with Crippen LogP contribution < -0.4 is 10.6 Å². The van der Waals surface area contributed by atoms with Crippen molar-refractivity contribution in [3.63, 3.8) is 0 Å². The van der Waals surface area contributed by atoms with Crippen molar-refractivity contribution in [1.29, 1.82) is 0 Å². The first kappa shape index (κ1) is 22.0. The van der Waals surface area contributed by atoms with E-state index in [1.165, 1.54) is 12.1 Å². The second-order valence-electron chi connectivity index (χ2n) is 9.27. The molecule has 2 saturated carbocycles. The van der Waals surface area contributed by atoms with Crippen molar-refractivity contribution >= 4 is 11.9 Å². The number of likely N-dealkylation sites (tertiary alicyclic amines) is 1. The summed E-state index contributed by atoms with van der Waals surface area (Å²) in [5.41, 5.74) is 0.181. The number of hydrogen-bond acceptors (Lipinski definition) is 2. The summed E-state index contributed by atoms with van der Waals surface area (Å²) in [6, 6.07) is 5.05. The molecular weight excluding hydrogens is 407 g/mol. The van der Waals surface area contributed by atoms with Gasteiger partial charge in [-0.15, -0.1) is 0 Å². The Morgan fingerprint density at radius 3 is 2.26 bits per heavy atom. The zero-order chi connectivity index (χ0) is 22.2. The number of nitrogens with one attached hydrogen (secondary N) is 2. The molecule has 3 amide bonds. The summed E-state index contributed by atoms with van der Waals surface area (Å²) in [6.45, 7) is 3.06. The van der Waals surface area contributed by atoms with Gasteiger partial charge in [-0.2, -0.15) is 13.2 Å². The lowest BCUT2D eigenvalue weighted by Crippen LogP contribution is -2.51. The van der Waals surface area contributed by atoms with Crippen LogP contribution in [0.1, 0.15) is 62.5 Å². The van der Waals surface area contributed by atoms with Crippen LogP contribution >= 0.6 is 0 Å². The van der Waals surface area contributed by atoms with Gasteiger partial charge in [-0.1, -0.05) is 25.0 Å². The Bertz CT molecular complexity index is 811. The van der Waals surface area contributed by atoms with Crippen molar-refractivity contribution in [2.75, 3.05) is 13.1 Å². The first-order valence-corrected chi connectivity index (χ1v) is 11.2. The van der Waals surface area contributed by atoms with Crippen molar-refractivity contribution in [3.05, 3.63) is 35.4 Å². The van der Waals surface area contributed by atoms with Gasteiger partial charge in [0.05, 0.1) is 5.56 Å². The van der Waals surface area contributed by atoms with Gasteiger partial charge >= 0.3 is 12.2 Å². The molecule has 0 bridgehead atoms. The summed E-state index contributed by atoms with van der Waals surface area (Å²) in [7, 11) is 0. The van der Waals surface area contributed by atoms with E-state index in [0.29, 0.717) is 12.5 Å². The van der Waals surface area contributed by atoms with Crippen LogP contribution in [0, 0.1) is 11.8 Å². The van der Waals surface area contributed by atoms with Crippen molar-refractivity contribution in [2.24, 2.45) is 11.8 Å². The topological polar surface area (TPSA) is 61.4 Å². The highest BCUT2D eigenvalue weighted by Crippen LogP contribution is 2.38. The third-order valence-corrected chi connectivity index (χ3v) is 7.36. The van der Waals surface area contributed by atoms with Gasteiger partial charge in [-0.25, -0.2) is 4.79 Å². The van der Waals surface area contributed by atoms with Gasteiger partial charge in [0, 0.05) is 43.9 Å². The number of urea groups is 1. The number of hydrogen-bond donors (Lipinski definition) is 2.